The zero-order valence-corrected chi connectivity index (χ0v) is 14.6. The highest BCUT2D eigenvalue weighted by atomic mass is 16.5. The fraction of sp³-hybridized carbons (Fsp3) is 0.368. The SMILES string of the molecule is COc1ccc(N[C@@H](C[C@H](C)O)c2ccc(OC)c(OC)c2)cc1. The average Bonchev–Trinajstić information content (AvgIpc) is 2.60. The summed E-state index contributed by atoms with van der Waals surface area (Å²) in [4.78, 5) is 0. The molecule has 0 heterocycles. The molecular formula is C19H25NO4. The lowest BCUT2D eigenvalue weighted by molar-refractivity contribution is 0.177. The normalized spacial score (nSPS) is 13.0. The summed E-state index contributed by atoms with van der Waals surface area (Å²) in [7, 11) is 4.87. The third-order valence-electron chi connectivity index (χ3n) is 3.82. The smallest absolute Gasteiger partial charge is 0.161 e. The molecule has 0 saturated carbocycles. The van der Waals surface area contributed by atoms with Crippen molar-refractivity contribution in [3.63, 3.8) is 0 Å². The van der Waals surface area contributed by atoms with E-state index < -0.39 is 6.10 Å². The molecule has 2 aromatic rings. The first kappa shape index (κ1) is 17.9. The Morgan fingerprint density at radius 1 is 0.917 bits per heavy atom. The first-order chi connectivity index (χ1) is 11.6. The van der Waals surface area contributed by atoms with Gasteiger partial charge in [-0.25, -0.2) is 0 Å². The summed E-state index contributed by atoms with van der Waals surface area (Å²) in [5.41, 5.74) is 1.97. The van der Waals surface area contributed by atoms with Gasteiger partial charge in [-0.15, -0.1) is 0 Å². The standard InChI is InChI=1S/C19H25NO4/c1-13(21)11-17(20-15-6-8-16(22-2)9-7-15)14-5-10-18(23-3)19(12-14)24-4/h5-10,12-13,17,20-21H,11H2,1-4H3/t13-,17-/m0/s1. The van der Waals surface area contributed by atoms with Crippen LogP contribution in [0.1, 0.15) is 24.9 Å². The molecule has 0 spiro atoms. The van der Waals surface area contributed by atoms with Gasteiger partial charge >= 0.3 is 0 Å². The van der Waals surface area contributed by atoms with E-state index >= 15 is 0 Å². The van der Waals surface area contributed by atoms with E-state index in [-0.39, 0.29) is 6.04 Å². The number of aliphatic hydroxyl groups is 1. The van der Waals surface area contributed by atoms with Gasteiger partial charge in [0.1, 0.15) is 5.75 Å². The Morgan fingerprint density at radius 3 is 2.12 bits per heavy atom. The number of nitrogens with one attached hydrogen (secondary N) is 1. The van der Waals surface area contributed by atoms with Crippen LogP contribution in [0.25, 0.3) is 0 Å². The van der Waals surface area contributed by atoms with E-state index in [0.717, 1.165) is 17.0 Å². The molecule has 5 heteroatoms. The quantitative estimate of drug-likeness (QED) is 0.773. The molecule has 0 fully saturated rings. The molecule has 2 rings (SSSR count). The molecule has 0 unspecified atom stereocenters. The van der Waals surface area contributed by atoms with Crippen LogP contribution in [-0.4, -0.2) is 32.5 Å². The highest BCUT2D eigenvalue weighted by Crippen LogP contribution is 2.33. The third kappa shape index (κ3) is 4.55. The van der Waals surface area contributed by atoms with Gasteiger partial charge in [-0.1, -0.05) is 6.07 Å². The summed E-state index contributed by atoms with van der Waals surface area (Å²) in [6.45, 7) is 1.78. The van der Waals surface area contributed by atoms with Gasteiger partial charge in [0.2, 0.25) is 0 Å². The highest BCUT2D eigenvalue weighted by molar-refractivity contribution is 5.50. The van der Waals surface area contributed by atoms with E-state index in [4.69, 9.17) is 14.2 Å². The van der Waals surface area contributed by atoms with Crippen LogP contribution in [-0.2, 0) is 0 Å². The lowest BCUT2D eigenvalue weighted by atomic mass is 10.00. The molecule has 2 N–H and O–H groups in total. The fourth-order valence-electron chi connectivity index (χ4n) is 2.58. The van der Waals surface area contributed by atoms with Crippen LogP contribution in [0.4, 0.5) is 5.69 Å². The fourth-order valence-corrected chi connectivity index (χ4v) is 2.58. The second-order valence-corrected chi connectivity index (χ2v) is 5.62. The Balaban J connectivity index is 2.26. The minimum atomic E-state index is -0.436. The topological polar surface area (TPSA) is 60.0 Å². The van der Waals surface area contributed by atoms with Gasteiger partial charge in [0.15, 0.2) is 11.5 Å². The minimum Gasteiger partial charge on any atom is -0.497 e. The van der Waals surface area contributed by atoms with Crippen molar-refractivity contribution < 1.29 is 19.3 Å². The Labute approximate surface area is 143 Å². The number of rotatable bonds is 8. The van der Waals surface area contributed by atoms with E-state index in [1.165, 1.54) is 0 Å². The van der Waals surface area contributed by atoms with Crippen LogP contribution >= 0.6 is 0 Å². The van der Waals surface area contributed by atoms with Gasteiger partial charge in [0.05, 0.1) is 33.5 Å². The van der Waals surface area contributed by atoms with E-state index in [0.29, 0.717) is 17.9 Å². The predicted molar refractivity (Wildman–Crippen MR) is 95.2 cm³/mol. The molecular weight excluding hydrogens is 306 g/mol. The van der Waals surface area contributed by atoms with Crippen molar-refractivity contribution in [1.82, 2.24) is 0 Å². The summed E-state index contributed by atoms with van der Waals surface area (Å²) in [6.07, 6.45) is 0.135. The molecule has 24 heavy (non-hydrogen) atoms. The van der Waals surface area contributed by atoms with Crippen LogP contribution in [0, 0.1) is 0 Å². The highest BCUT2D eigenvalue weighted by Gasteiger charge is 2.17. The molecule has 0 amide bonds. The summed E-state index contributed by atoms with van der Waals surface area (Å²) in [6, 6.07) is 13.4. The van der Waals surface area contributed by atoms with Crippen molar-refractivity contribution in [3.8, 4) is 17.2 Å². The number of hydrogen-bond donors (Lipinski definition) is 2. The number of methoxy groups -OCH3 is 3. The van der Waals surface area contributed by atoms with Crippen LogP contribution in [0.15, 0.2) is 42.5 Å². The predicted octanol–water partition coefficient (Wildman–Crippen LogP) is 3.64. The largest absolute Gasteiger partial charge is 0.497 e. The summed E-state index contributed by atoms with van der Waals surface area (Å²) in [5.74, 6) is 2.15. The number of ether oxygens (including phenoxy) is 3. The van der Waals surface area contributed by atoms with E-state index in [2.05, 4.69) is 5.32 Å². The summed E-state index contributed by atoms with van der Waals surface area (Å²) < 4.78 is 15.8. The van der Waals surface area contributed by atoms with Gasteiger partial charge < -0.3 is 24.6 Å². The zero-order chi connectivity index (χ0) is 17.5. The Morgan fingerprint density at radius 2 is 1.58 bits per heavy atom. The van der Waals surface area contributed by atoms with Crippen molar-refractivity contribution in [2.24, 2.45) is 0 Å². The van der Waals surface area contributed by atoms with Crippen molar-refractivity contribution in [1.29, 1.82) is 0 Å². The molecule has 0 saturated heterocycles. The van der Waals surface area contributed by atoms with Crippen molar-refractivity contribution >= 4 is 5.69 Å². The molecule has 0 radical (unpaired) electrons. The average molecular weight is 331 g/mol. The number of anilines is 1. The number of benzene rings is 2. The molecule has 0 bridgehead atoms. The van der Waals surface area contributed by atoms with Gasteiger partial charge in [-0.05, 0) is 55.3 Å². The van der Waals surface area contributed by atoms with Gasteiger partial charge in [0.25, 0.3) is 0 Å². The minimum absolute atomic E-state index is 0.0572. The molecule has 130 valence electrons. The van der Waals surface area contributed by atoms with Crippen molar-refractivity contribution in [3.05, 3.63) is 48.0 Å². The van der Waals surface area contributed by atoms with E-state index in [1.807, 2.05) is 42.5 Å². The molecule has 5 nitrogen and oxygen atoms in total. The molecule has 2 atom stereocenters. The second-order valence-electron chi connectivity index (χ2n) is 5.62. The lowest BCUT2D eigenvalue weighted by Gasteiger charge is -2.23. The maximum absolute atomic E-state index is 9.86. The lowest BCUT2D eigenvalue weighted by Crippen LogP contribution is -2.16. The summed E-state index contributed by atoms with van der Waals surface area (Å²) in [5, 5.41) is 13.3. The van der Waals surface area contributed by atoms with Crippen LogP contribution in [0.2, 0.25) is 0 Å². The molecule has 0 aromatic heterocycles. The van der Waals surface area contributed by atoms with E-state index in [9.17, 15) is 5.11 Å². The second kappa shape index (κ2) is 8.45. The number of aliphatic hydroxyl groups excluding tert-OH is 1. The first-order valence-electron chi connectivity index (χ1n) is 7.88. The maximum Gasteiger partial charge on any atom is 0.161 e. The zero-order valence-electron chi connectivity index (χ0n) is 14.6. The van der Waals surface area contributed by atoms with Crippen LogP contribution < -0.4 is 19.5 Å². The van der Waals surface area contributed by atoms with Crippen molar-refractivity contribution in [2.45, 2.75) is 25.5 Å². The van der Waals surface area contributed by atoms with Crippen LogP contribution in [0.5, 0.6) is 17.2 Å². The van der Waals surface area contributed by atoms with Gasteiger partial charge in [-0.3, -0.25) is 0 Å². The van der Waals surface area contributed by atoms with Crippen LogP contribution in [0.3, 0.4) is 0 Å². The summed E-state index contributed by atoms with van der Waals surface area (Å²) >= 11 is 0. The number of hydrogen-bond acceptors (Lipinski definition) is 5. The molecule has 0 aliphatic rings. The van der Waals surface area contributed by atoms with Gasteiger partial charge in [0, 0.05) is 5.69 Å². The van der Waals surface area contributed by atoms with Gasteiger partial charge in [-0.2, -0.15) is 0 Å². The monoisotopic (exact) mass is 331 g/mol. The van der Waals surface area contributed by atoms with E-state index in [1.54, 1.807) is 28.3 Å². The molecule has 2 aromatic carbocycles. The first-order valence-corrected chi connectivity index (χ1v) is 7.88. The van der Waals surface area contributed by atoms with Crippen molar-refractivity contribution in [2.75, 3.05) is 26.6 Å². The Hall–Kier alpha value is -2.40. The maximum atomic E-state index is 9.86. The Bertz CT molecular complexity index is 640. The molecule has 0 aliphatic carbocycles. The third-order valence-corrected chi connectivity index (χ3v) is 3.82. The Kier molecular flexibility index (Phi) is 6.32. The molecule has 0 aliphatic heterocycles.